The van der Waals surface area contributed by atoms with Crippen LogP contribution in [0.5, 0.6) is 0 Å². The van der Waals surface area contributed by atoms with Crippen molar-refractivity contribution in [2.24, 2.45) is 0 Å². The van der Waals surface area contributed by atoms with Gasteiger partial charge in [0.25, 0.3) is 5.91 Å². The van der Waals surface area contributed by atoms with Crippen LogP contribution in [0.3, 0.4) is 0 Å². The van der Waals surface area contributed by atoms with E-state index in [1.165, 1.54) is 0 Å². The van der Waals surface area contributed by atoms with Crippen LogP contribution >= 0.6 is 0 Å². The minimum Gasteiger partial charge on any atom is -0.339 e. The molecule has 0 saturated carbocycles. The summed E-state index contributed by atoms with van der Waals surface area (Å²) in [7, 11) is 0. The molecule has 0 aromatic carbocycles. The molecular formula is C26H26N8O2. The monoisotopic (exact) mass is 482 g/mol. The van der Waals surface area contributed by atoms with Gasteiger partial charge in [0.05, 0.1) is 22.7 Å². The molecule has 0 aliphatic rings. The van der Waals surface area contributed by atoms with E-state index in [1.54, 1.807) is 29.7 Å². The van der Waals surface area contributed by atoms with Crippen molar-refractivity contribution in [1.82, 2.24) is 40.0 Å². The van der Waals surface area contributed by atoms with Crippen molar-refractivity contribution in [3.8, 4) is 22.6 Å². The minimum absolute atomic E-state index is 0.105. The Hall–Kier alpha value is -4.47. The number of rotatable bonds is 8. The third-order valence-electron chi connectivity index (χ3n) is 6.25. The first kappa shape index (κ1) is 23.3. The fourth-order valence-corrected chi connectivity index (χ4v) is 4.15. The van der Waals surface area contributed by atoms with Gasteiger partial charge in [-0.05, 0) is 26.0 Å². The van der Waals surface area contributed by atoms with Gasteiger partial charge in [0, 0.05) is 61.3 Å². The number of Topliss-reactive ketones (excluding diaryl/α,β-unsaturated/α-hetero) is 1. The van der Waals surface area contributed by atoms with Crippen molar-refractivity contribution in [2.75, 3.05) is 13.1 Å². The van der Waals surface area contributed by atoms with E-state index in [0.29, 0.717) is 59.7 Å². The fraction of sp³-hybridized carbons (Fsp3) is 0.269. The number of carbonyl (C=O) groups is 2. The van der Waals surface area contributed by atoms with Crippen LogP contribution < -0.4 is 0 Å². The molecule has 5 aromatic heterocycles. The molecule has 0 unspecified atom stereocenters. The second-order valence-electron chi connectivity index (χ2n) is 8.45. The molecule has 5 heterocycles. The van der Waals surface area contributed by atoms with E-state index in [1.807, 2.05) is 39.0 Å². The Kier molecular flexibility index (Phi) is 6.24. The molecule has 0 atom stereocenters. The molecule has 0 radical (unpaired) electrons. The molecule has 2 N–H and O–H groups in total. The molecule has 0 saturated heterocycles. The maximum atomic E-state index is 13.0. The molecule has 182 valence electrons. The first-order chi connectivity index (χ1) is 17.5. The quantitative estimate of drug-likeness (QED) is 0.342. The molecule has 0 aliphatic carbocycles. The van der Waals surface area contributed by atoms with Crippen LogP contribution in [-0.4, -0.2) is 64.8 Å². The molecule has 1 amide bonds. The lowest BCUT2D eigenvalue weighted by Gasteiger charge is -2.18. The molecule has 5 aromatic rings. The van der Waals surface area contributed by atoms with Crippen LogP contribution in [0.25, 0.3) is 44.7 Å². The molecule has 0 bridgehead atoms. The third-order valence-corrected chi connectivity index (χ3v) is 6.25. The van der Waals surface area contributed by atoms with E-state index in [2.05, 4.69) is 30.1 Å². The molecule has 5 rings (SSSR count). The predicted octanol–water partition coefficient (Wildman–Crippen LogP) is 3.96. The molecule has 0 aliphatic heterocycles. The summed E-state index contributed by atoms with van der Waals surface area (Å²) in [5.74, 6) is 0.593. The highest BCUT2D eigenvalue weighted by Gasteiger charge is 2.20. The van der Waals surface area contributed by atoms with E-state index in [9.17, 15) is 9.59 Å². The lowest BCUT2D eigenvalue weighted by molar-refractivity contribution is -0.118. The van der Waals surface area contributed by atoms with Crippen LogP contribution in [0.15, 0.2) is 43.0 Å². The fourth-order valence-electron chi connectivity index (χ4n) is 4.15. The second kappa shape index (κ2) is 9.65. The van der Waals surface area contributed by atoms with Crippen molar-refractivity contribution in [3.63, 3.8) is 0 Å². The first-order valence-electron chi connectivity index (χ1n) is 12.0. The highest BCUT2D eigenvalue weighted by atomic mass is 16.2. The summed E-state index contributed by atoms with van der Waals surface area (Å²) >= 11 is 0. The van der Waals surface area contributed by atoms with Gasteiger partial charge < -0.3 is 9.88 Å². The van der Waals surface area contributed by atoms with Crippen molar-refractivity contribution in [3.05, 3.63) is 54.2 Å². The number of carbonyl (C=O) groups excluding carboxylic acids is 2. The highest BCUT2D eigenvalue weighted by Crippen LogP contribution is 2.29. The molecule has 0 fully saturated rings. The minimum atomic E-state index is -0.105. The normalized spacial score (nSPS) is 11.3. The van der Waals surface area contributed by atoms with E-state index >= 15 is 0 Å². The lowest BCUT2D eigenvalue weighted by Crippen LogP contribution is -2.30. The summed E-state index contributed by atoms with van der Waals surface area (Å²) in [5, 5.41) is 8.13. The predicted molar refractivity (Wildman–Crippen MR) is 136 cm³/mol. The maximum absolute atomic E-state index is 13.0. The average molecular weight is 483 g/mol. The number of fused-ring (bicyclic) bond motifs is 2. The number of amides is 1. The zero-order chi connectivity index (χ0) is 25.2. The Bertz CT molecular complexity index is 1560. The van der Waals surface area contributed by atoms with Crippen LogP contribution in [0.1, 0.15) is 43.2 Å². The van der Waals surface area contributed by atoms with Gasteiger partial charge in [0.15, 0.2) is 11.5 Å². The Morgan fingerprint density at radius 1 is 0.972 bits per heavy atom. The molecule has 0 spiro atoms. The summed E-state index contributed by atoms with van der Waals surface area (Å²) in [6.07, 6.45) is 7.53. The molecule has 10 heteroatoms. The summed E-state index contributed by atoms with van der Waals surface area (Å²) in [5.41, 5.74) is 5.37. The van der Waals surface area contributed by atoms with Crippen molar-refractivity contribution < 1.29 is 9.59 Å². The number of imidazole rings is 1. The lowest BCUT2D eigenvalue weighted by atomic mass is 10.1. The van der Waals surface area contributed by atoms with Crippen molar-refractivity contribution >= 4 is 33.8 Å². The standard InChI is InChI=1S/C26H26N8O2/c1-4-18(35)10-17-8-7-15(11-28-17)16-9-19-23(32-33-24(19)29-12-16)25-30-21-14-27-13-20(22(21)31-25)26(36)34(5-2)6-3/h7-9,11-14H,4-6,10H2,1-3H3,(H,30,31)(H,29,32,33). The zero-order valence-corrected chi connectivity index (χ0v) is 20.4. The van der Waals surface area contributed by atoms with Crippen LogP contribution in [0.2, 0.25) is 0 Å². The molecular weight excluding hydrogens is 456 g/mol. The Morgan fingerprint density at radius 3 is 2.50 bits per heavy atom. The number of nitrogens with one attached hydrogen (secondary N) is 2. The Morgan fingerprint density at radius 2 is 1.78 bits per heavy atom. The molecule has 10 nitrogen and oxygen atoms in total. The summed E-state index contributed by atoms with van der Waals surface area (Å²) in [6, 6.07) is 5.78. The van der Waals surface area contributed by atoms with E-state index < -0.39 is 0 Å². The number of H-pyrrole nitrogens is 2. The SMILES string of the molecule is CCC(=O)Cc1ccc(-c2cnc3n[nH]c(-c4nc5c(C(=O)N(CC)CC)cncc5[nH]4)c3c2)cn1. The van der Waals surface area contributed by atoms with E-state index in [-0.39, 0.29) is 11.7 Å². The number of ketones is 1. The highest BCUT2D eigenvalue weighted by molar-refractivity contribution is 6.05. The van der Waals surface area contributed by atoms with Gasteiger partial charge in [-0.15, -0.1) is 0 Å². The number of hydrogen-bond donors (Lipinski definition) is 2. The van der Waals surface area contributed by atoms with E-state index in [4.69, 9.17) is 4.98 Å². The maximum Gasteiger partial charge on any atom is 0.257 e. The number of pyridine rings is 3. The van der Waals surface area contributed by atoms with Crippen molar-refractivity contribution in [1.29, 1.82) is 0 Å². The van der Waals surface area contributed by atoms with Gasteiger partial charge >= 0.3 is 0 Å². The first-order valence-corrected chi connectivity index (χ1v) is 12.0. The van der Waals surface area contributed by atoms with Crippen LogP contribution in [-0.2, 0) is 11.2 Å². The van der Waals surface area contributed by atoms with Gasteiger partial charge in [-0.1, -0.05) is 13.0 Å². The Labute approximate surface area is 207 Å². The van der Waals surface area contributed by atoms with Gasteiger partial charge in [0.2, 0.25) is 0 Å². The van der Waals surface area contributed by atoms with E-state index in [0.717, 1.165) is 22.2 Å². The van der Waals surface area contributed by atoms with Gasteiger partial charge in [-0.25, -0.2) is 9.97 Å². The zero-order valence-electron chi connectivity index (χ0n) is 20.4. The third kappa shape index (κ3) is 4.21. The molecule has 36 heavy (non-hydrogen) atoms. The topological polar surface area (TPSA) is 133 Å². The second-order valence-corrected chi connectivity index (χ2v) is 8.45. The summed E-state index contributed by atoms with van der Waals surface area (Å²) < 4.78 is 0. The summed E-state index contributed by atoms with van der Waals surface area (Å²) in [6.45, 7) is 6.95. The summed E-state index contributed by atoms with van der Waals surface area (Å²) in [4.78, 5) is 47.6. The van der Waals surface area contributed by atoms with Gasteiger partial charge in [-0.2, -0.15) is 5.10 Å². The number of nitrogens with zero attached hydrogens (tertiary/aromatic N) is 6. The largest absolute Gasteiger partial charge is 0.339 e. The number of aromatic nitrogens is 7. The van der Waals surface area contributed by atoms with Crippen LogP contribution in [0.4, 0.5) is 0 Å². The van der Waals surface area contributed by atoms with Gasteiger partial charge in [0.1, 0.15) is 17.0 Å². The number of hydrogen-bond acceptors (Lipinski definition) is 7. The van der Waals surface area contributed by atoms with Crippen LogP contribution in [0, 0.1) is 0 Å². The smallest absolute Gasteiger partial charge is 0.257 e. The Balaban J connectivity index is 1.52. The van der Waals surface area contributed by atoms with Gasteiger partial charge in [-0.3, -0.25) is 24.7 Å². The average Bonchev–Trinajstić information content (AvgIpc) is 3.53. The number of aromatic amines is 2. The van der Waals surface area contributed by atoms with Crippen molar-refractivity contribution in [2.45, 2.75) is 33.6 Å².